The van der Waals surface area contributed by atoms with Crippen LogP contribution in [0.25, 0.3) is 0 Å². The van der Waals surface area contributed by atoms with Crippen molar-refractivity contribution in [2.75, 3.05) is 23.8 Å². The lowest BCUT2D eigenvalue weighted by atomic mass is 10.1. The molecule has 0 saturated carbocycles. The molecule has 0 aliphatic carbocycles. The summed E-state index contributed by atoms with van der Waals surface area (Å²) in [6.45, 7) is 5.79. The number of nitrogens with zero attached hydrogens (tertiary/aromatic N) is 2. The van der Waals surface area contributed by atoms with Crippen molar-refractivity contribution in [2.24, 2.45) is 0 Å². The van der Waals surface area contributed by atoms with E-state index in [9.17, 15) is 0 Å². The fraction of sp³-hybridized carbons (Fsp3) is 0.714. The molecule has 6 heteroatoms. The highest BCUT2D eigenvalue weighted by Gasteiger charge is 2.26. The van der Waals surface area contributed by atoms with E-state index in [1.807, 2.05) is 6.07 Å². The van der Waals surface area contributed by atoms with Crippen molar-refractivity contribution >= 4 is 11.6 Å². The molecule has 0 bridgehead atoms. The first-order chi connectivity index (χ1) is 9.72. The first-order valence-corrected chi connectivity index (χ1v) is 7.30. The zero-order chi connectivity index (χ0) is 13.9. The predicted octanol–water partition coefficient (Wildman–Crippen LogP) is 1.66. The van der Waals surface area contributed by atoms with Crippen molar-refractivity contribution in [3.63, 3.8) is 0 Å². The van der Waals surface area contributed by atoms with Crippen molar-refractivity contribution in [3.8, 4) is 0 Å². The van der Waals surface area contributed by atoms with Crippen molar-refractivity contribution in [3.05, 3.63) is 12.4 Å². The van der Waals surface area contributed by atoms with Crippen LogP contribution in [-0.4, -0.2) is 47.5 Å². The van der Waals surface area contributed by atoms with Gasteiger partial charge in [0.15, 0.2) is 0 Å². The van der Waals surface area contributed by atoms with E-state index in [1.54, 1.807) is 6.33 Å². The number of ether oxygens (including phenoxy) is 2. The Balaban J connectivity index is 1.63. The number of nitrogens with one attached hydrogen (secondary N) is 2. The van der Waals surface area contributed by atoms with Gasteiger partial charge in [-0.3, -0.25) is 0 Å². The van der Waals surface area contributed by atoms with Crippen LogP contribution in [0.4, 0.5) is 11.6 Å². The number of anilines is 2. The average Bonchev–Trinajstić information content (AvgIpc) is 3.01. The van der Waals surface area contributed by atoms with Crippen molar-refractivity contribution in [1.82, 2.24) is 9.97 Å². The molecular weight excluding hydrogens is 256 g/mol. The van der Waals surface area contributed by atoms with Crippen LogP contribution in [0.5, 0.6) is 0 Å². The van der Waals surface area contributed by atoms with Crippen LogP contribution in [0, 0.1) is 0 Å². The van der Waals surface area contributed by atoms with Crippen LogP contribution < -0.4 is 10.6 Å². The summed E-state index contributed by atoms with van der Waals surface area (Å²) >= 11 is 0. The lowest BCUT2D eigenvalue weighted by molar-refractivity contribution is 0.121. The zero-order valence-electron chi connectivity index (χ0n) is 12.0. The van der Waals surface area contributed by atoms with Crippen LogP contribution in [0.15, 0.2) is 12.4 Å². The van der Waals surface area contributed by atoms with Gasteiger partial charge in [-0.15, -0.1) is 0 Å². The van der Waals surface area contributed by atoms with Crippen molar-refractivity contribution in [1.29, 1.82) is 0 Å². The topological polar surface area (TPSA) is 68.3 Å². The van der Waals surface area contributed by atoms with Gasteiger partial charge < -0.3 is 20.1 Å². The third-order valence-electron chi connectivity index (χ3n) is 4.09. The Kier molecular flexibility index (Phi) is 4.03. The molecule has 0 radical (unpaired) electrons. The highest BCUT2D eigenvalue weighted by molar-refractivity contribution is 5.48. The smallest absolute Gasteiger partial charge is 0.131 e. The van der Waals surface area contributed by atoms with Gasteiger partial charge in [-0.25, -0.2) is 9.97 Å². The zero-order valence-corrected chi connectivity index (χ0v) is 12.0. The minimum Gasteiger partial charge on any atom is -0.376 e. The maximum absolute atomic E-state index is 5.55. The normalized spacial score (nSPS) is 33.3. The van der Waals surface area contributed by atoms with E-state index in [4.69, 9.17) is 9.47 Å². The Hall–Kier alpha value is -1.40. The SMILES string of the molecule is CC1OCCC1Nc1cc(NC2CCOC2C)ncn1. The highest BCUT2D eigenvalue weighted by Crippen LogP contribution is 2.21. The maximum Gasteiger partial charge on any atom is 0.131 e. The number of rotatable bonds is 4. The average molecular weight is 278 g/mol. The monoisotopic (exact) mass is 278 g/mol. The van der Waals surface area contributed by atoms with Gasteiger partial charge >= 0.3 is 0 Å². The van der Waals surface area contributed by atoms with E-state index in [1.165, 1.54) is 0 Å². The Morgan fingerprint density at radius 3 is 1.85 bits per heavy atom. The summed E-state index contributed by atoms with van der Waals surface area (Å²) in [4.78, 5) is 8.56. The predicted molar refractivity (Wildman–Crippen MR) is 76.9 cm³/mol. The molecule has 1 aromatic rings. The second kappa shape index (κ2) is 5.93. The summed E-state index contributed by atoms with van der Waals surface area (Å²) in [7, 11) is 0. The summed E-state index contributed by atoms with van der Waals surface area (Å²) in [6.07, 6.45) is 4.07. The minimum atomic E-state index is 0.227. The Labute approximate surface area is 119 Å². The van der Waals surface area contributed by atoms with Crippen LogP contribution in [0.2, 0.25) is 0 Å². The fourth-order valence-corrected chi connectivity index (χ4v) is 2.74. The Morgan fingerprint density at radius 2 is 1.45 bits per heavy atom. The largest absolute Gasteiger partial charge is 0.376 e. The molecule has 3 rings (SSSR count). The molecule has 0 amide bonds. The van der Waals surface area contributed by atoms with E-state index in [0.717, 1.165) is 37.7 Å². The van der Waals surface area contributed by atoms with Gasteiger partial charge in [0.2, 0.25) is 0 Å². The third kappa shape index (κ3) is 3.02. The van der Waals surface area contributed by atoms with Crippen LogP contribution in [0.1, 0.15) is 26.7 Å². The van der Waals surface area contributed by atoms with Gasteiger partial charge in [0.05, 0.1) is 24.3 Å². The van der Waals surface area contributed by atoms with Gasteiger partial charge in [0.25, 0.3) is 0 Å². The molecule has 3 heterocycles. The second-order valence-electron chi connectivity index (χ2n) is 5.52. The number of hydrogen-bond donors (Lipinski definition) is 2. The molecule has 4 unspecified atom stereocenters. The standard InChI is InChI=1S/C14H22N4O2/c1-9-11(3-5-19-9)17-13-7-14(16-8-15-13)18-12-4-6-20-10(12)2/h7-12H,3-6H2,1-2H3,(H2,15,16,17,18). The van der Waals surface area contributed by atoms with E-state index < -0.39 is 0 Å². The fourth-order valence-electron chi connectivity index (χ4n) is 2.74. The first-order valence-electron chi connectivity index (χ1n) is 7.30. The molecule has 6 nitrogen and oxygen atoms in total. The summed E-state index contributed by atoms with van der Waals surface area (Å²) in [5, 5.41) is 6.84. The summed E-state index contributed by atoms with van der Waals surface area (Å²) in [5.74, 6) is 1.69. The van der Waals surface area contributed by atoms with Crippen LogP contribution in [0.3, 0.4) is 0 Å². The van der Waals surface area contributed by atoms with Crippen molar-refractivity contribution < 1.29 is 9.47 Å². The molecule has 2 N–H and O–H groups in total. The van der Waals surface area contributed by atoms with Gasteiger partial charge in [-0.2, -0.15) is 0 Å². The van der Waals surface area contributed by atoms with Gasteiger partial charge in [0, 0.05) is 19.3 Å². The Bertz CT molecular complexity index is 419. The van der Waals surface area contributed by atoms with Gasteiger partial charge in [-0.05, 0) is 26.7 Å². The lowest BCUT2D eigenvalue weighted by Gasteiger charge is -2.19. The molecule has 0 spiro atoms. The quantitative estimate of drug-likeness (QED) is 0.873. The molecular formula is C14H22N4O2. The van der Waals surface area contributed by atoms with Crippen LogP contribution >= 0.6 is 0 Å². The molecule has 2 aliphatic rings. The maximum atomic E-state index is 5.55. The van der Waals surface area contributed by atoms with E-state index >= 15 is 0 Å². The van der Waals surface area contributed by atoms with E-state index in [-0.39, 0.29) is 12.2 Å². The first kappa shape index (κ1) is 13.6. The number of hydrogen-bond acceptors (Lipinski definition) is 6. The molecule has 4 atom stereocenters. The van der Waals surface area contributed by atoms with Gasteiger partial charge in [-0.1, -0.05) is 0 Å². The van der Waals surface area contributed by atoms with E-state index in [0.29, 0.717) is 12.1 Å². The van der Waals surface area contributed by atoms with Crippen molar-refractivity contribution in [2.45, 2.75) is 51.0 Å². The highest BCUT2D eigenvalue weighted by atomic mass is 16.5. The molecule has 20 heavy (non-hydrogen) atoms. The second-order valence-corrected chi connectivity index (χ2v) is 5.52. The summed E-state index contributed by atoms with van der Waals surface area (Å²) in [5.41, 5.74) is 0. The van der Waals surface area contributed by atoms with E-state index in [2.05, 4.69) is 34.4 Å². The molecule has 2 aliphatic heterocycles. The van der Waals surface area contributed by atoms with Crippen LogP contribution in [-0.2, 0) is 9.47 Å². The minimum absolute atomic E-state index is 0.227. The Morgan fingerprint density at radius 1 is 0.950 bits per heavy atom. The molecule has 110 valence electrons. The summed E-state index contributed by atoms with van der Waals surface area (Å²) in [6, 6.07) is 2.61. The summed E-state index contributed by atoms with van der Waals surface area (Å²) < 4.78 is 11.1. The van der Waals surface area contributed by atoms with Gasteiger partial charge in [0.1, 0.15) is 18.0 Å². The lowest BCUT2D eigenvalue weighted by Crippen LogP contribution is -2.28. The molecule has 0 aromatic carbocycles. The third-order valence-corrected chi connectivity index (χ3v) is 4.09. The molecule has 2 fully saturated rings. The molecule has 2 saturated heterocycles. The molecule has 1 aromatic heterocycles. The number of aromatic nitrogens is 2.